The number of azo groups is 4. The van der Waals surface area contributed by atoms with Crippen LogP contribution in [-0.4, -0.2) is 96.1 Å². The average Bonchev–Trinajstić information content (AvgIpc) is 2.24. The van der Waals surface area contributed by atoms with E-state index in [1.165, 1.54) is 17.8 Å². The minimum absolute atomic E-state index is 0. The molecule has 472 valence electrons. The Balaban J connectivity index is 0.000000594. The van der Waals surface area contributed by atoms with Crippen LogP contribution in [0.3, 0.4) is 0 Å². The van der Waals surface area contributed by atoms with Crippen LogP contribution in [0.4, 0.5) is 69.3 Å². The number of hydrogen-bond acceptors (Lipinski definition) is 14. The maximum atomic E-state index is 9.18. The fourth-order valence-corrected chi connectivity index (χ4v) is 8.61. The molecule has 8 rings (SSSR count). The number of imidazole rings is 4. The summed E-state index contributed by atoms with van der Waals surface area (Å²) in [5.74, 6) is 3.38. The molecule has 0 amide bonds. The Bertz CT molecular complexity index is 3330. The second kappa shape index (κ2) is 45.9. The van der Waals surface area contributed by atoms with Gasteiger partial charge in [-0.15, -0.1) is 0 Å². The third-order valence-electron chi connectivity index (χ3n) is 14.2. The Labute approximate surface area is 635 Å². The van der Waals surface area contributed by atoms with Crippen molar-refractivity contribution in [3.63, 3.8) is 0 Å². The maximum absolute atomic E-state index is 9.18. The van der Waals surface area contributed by atoms with Crippen molar-refractivity contribution in [3.05, 3.63) is 147 Å². The molecule has 0 atom stereocenters. The molecule has 4 aromatic heterocycles. The normalized spacial score (nSPS) is 10.8. The van der Waals surface area contributed by atoms with Gasteiger partial charge in [0.1, 0.15) is 22.7 Å². The van der Waals surface area contributed by atoms with Gasteiger partial charge in [0.25, 0.3) is 0 Å². The third kappa shape index (κ3) is 26.9. The molecule has 2 N–H and O–H groups in total. The van der Waals surface area contributed by atoms with Crippen molar-refractivity contribution in [2.24, 2.45) is 69.1 Å². The van der Waals surface area contributed by atoms with Gasteiger partial charge in [-0.1, -0.05) is 59.3 Å². The van der Waals surface area contributed by atoms with Crippen LogP contribution in [-0.2, 0) is 185 Å². The largest absolute Gasteiger partial charge is 0.421 e. The summed E-state index contributed by atoms with van der Waals surface area (Å²) in [6.07, 6.45) is 20.6. The Morgan fingerprint density at radius 2 is 0.833 bits per heavy atom. The van der Waals surface area contributed by atoms with Crippen LogP contribution in [0.25, 0.3) is 0 Å². The predicted molar refractivity (Wildman–Crippen MR) is 345 cm³/mol. The molecule has 0 saturated heterocycles. The molecular weight excluding hydrogens is 1440 g/mol. The predicted octanol–water partition coefficient (Wildman–Crippen LogP) is 12.3. The van der Waals surface area contributed by atoms with E-state index in [9.17, 15) is 10.2 Å². The molecular formula is C64H96N20O2Y4+4. The molecule has 22 nitrogen and oxygen atoms in total. The van der Waals surface area contributed by atoms with Gasteiger partial charge in [-0.2, -0.15) is 0 Å². The first-order valence-corrected chi connectivity index (χ1v) is 29.9. The number of aliphatic hydroxyl groups is 2. The number of rotatable bonds is 26. The Morgan fingerprint density at radius 3 is 1.23 bits per heavy atom. The van der Waals surface area contributed by atoms with Gasteiger partial charge in [0.15, 0.2) is 0 Å². The van der Waals surface area contributed by atoms with Crippen molar-refractivity contribution in [1.82, 2.24) is 18.3 Å². The number of aryl methyl sites for hydroxylation is 8. The summed E-state index contributed by atoms with van der Waals surface area (Å²) >= 11 is 0. The van der Waals surface area contributed by atoms with Crippen molar-refractivity contribution in [2.45, 2.75) is 93.4 Å². The van der Waals surface area contributed by atoms with Crippen LogP contribution in [0.2, 0.25) is 0 Å². The van der Waals surface area contributed by atoms with Gasteiger partial charge in [0, 0.05) is 228 Å². The smallest absolute Gasteiger partial charge is 0.395 e. The van der Waals surface area contributed by atoms with Gasteiger partial charge in [-0.05, 0) is 125 Å². The minimum atomic E-state index is 0. The van der Waals surface area contributed by atoms with Crippen LogP contribution < -0.4 is 37.9 Å². The first-order chi connectivity index (χ1) is 41.6. The van der Waals surface area contributed by atoms with E-state index in [2.05, 4.69) is 166 Å². The van der Waals surface area contributed by atoms with Crippen molar-refractivity contribution in [2.75, 3.05) is 87.2 Å². The zero-order valence-corrected chi connectivity index (χ0v) is 67.3. The summed E-state index contributed by atoms with van der Waals surface area (Å²) < 4.78 is 16.2. The average molecular weight is 1530 g/mol. The van der Waals surface area contributed by atoms with E-state index in [4.69, 9.17) is 0 Å². The van der Waals surface area contributed by atoms with E-state index in [1.807, 2.05) is 176 Å². The fourth-order valence-electron chi connectivity index (χ4n) is 8.61. The van der Waals surface area contributed by atoms with Crippen LogP contribution >= 0.6 is 0 Å². The molecule has 4 heterocycles. The van der Waals surface area contributed by atoms with Crippen LogP contribution in [0, 0.1) is 0 Å². The van der Waals surface area contributed by atoms with Crippen LogP contribution in [0.15, 0.2) is 188 Å². The quantitative estimate of drug-likeness (QED) is 0.0401. The minimum Gasteiger partial charge on any atom is -0.395 e. The number of hydrogen-bond donors (Lipinski definition) is 2. The molecule has 90 heavy (non-hydrogen) atoms. The zero-order chi connectivity index (χ0) is 62.4. The second-order valence-electron chi connectivity index (χ2n) is 20.7. The fraction of sp³-hybridized carbons (Fsp3) is 0.438. The molecule has 4 radical (unpaired) electrons. The SMILES string of the molecule is CCCCn1cc[n+](C)c1N=Nc1cccc(N(C)C)c1.CCCCn1cc[n+](C)c1N=Nc1cccc(N(CCO)CCO)c1.CCN(C)c1ccc(N=Nc2n(C)cc[n+]2C)cc1.CCN(C)c1ccc(N=Nc2n(CC)cc[n+]2CC)cc1.[Y].[Y].[Y].[Y]. The summed E-state index contributed by atoms with van der Waals surface area (Å²) in [7, 11) is 16.0. The standard InChI is InChI=1S/C18H28N5O2.2C16H24N5.C14H20N5.4Y/c1-3-4-8-23-10-9-21(2)18(23)20-19-16-6-5-7-17(15-16)22(11-13-24)12-14-25;1-5-6-10-21-12-11-20(4)16(21)18-17-14-8-7-9-15(13-14)19(2)3;1-5-19(4)15-10-8-14(9-11-15)17-18-16-20(6-2)12-13-21(16)7-3;1-5-17(2)13-8-6-12(7-9-13)15-16-14-18(3)10-11-19(14)4;;;;/h5-7,9-10,15,24-25H,3-4,8,11-14H2,1-2H3;7-9,11-13H,5-6,10H2,1-4H3;8-13H,5-7H2,1-4H3;6-11H,5H2,1-4H3;;;;/q4*+1;;;;. The van der Waals surface area contributed by atoms with Crippen LogP contribution in [0.1, 0.15) is 67.2 Å². The van der Waals surface area contributed by atoms with Crippen molar-refractivity contribution in [1.29, 1.82) is 0 Å². The first-order valence-electron chi connectivity index (χ1n) is 29.9. The number of benzene rings is 4. The van der Waals surface area contributed by atoms with Gasteiger partial charge < -0.3 is 29.8 Å². The van der Waals surface area contributed by atoms with Crippen molar-refractivity contribution in [3.8, 4) is 0 Å². The molecule has 0 aliphatic rings. The summed E-state index contributed by atoms with van der Waals surface area (Å²) in [5.41, 5.74) is 7.74. The summed E-state index contributed by atoms with van der Waals surface area (Å²) in [4.78, 5) is 8.35. The van der Waals surface area contributed by atoms with E-state index < -0.39 is 0 Å². The number of anilines is 4. The molecule has 26 heteroatoms. The van der Waals surface area contributed by atoms with E-state index in [1.54, 1.807) is 0 Å². The number of aliphatic hydroxyl groups excluding tert-OH is 2. The molecule has 0 saturated carbocycles. The Morgan fingerprint density at radius 1 is 0.433 bits per heavy atom. The molecule has 0 aliphatic heterocycles. The second-order valence-corrected chi connectivity index (χ2v) is 20.7. The molecule has 0 bridgehead atoms. The summed E-state index contributed by atoms with van der Waals surface area (Å²) in [6, 6.07) is 31.9. The Hall–Kier alpha value is -4.34. The van der Waals surface area contributed by atoms with E-state index in [0.29, 0.717) is 13.1 Å². The molecule has 0 unspecified atom stereocenters. The van der Waals surface area contributed by atoms with Gasteiger partial charge >= 0.3 is 23.8 Å². The van der Waals surface area contributed by atoms with Gasteiger partial charge in [0.2, 0.25) is 0 Å². The molecule has 4 aromatic carbocycles. The van der Waals surface area contributed by atoms with E-state index in [0.717, 1.165) is 116 Å². The summed E-state index contributed by atoms with van der Waals surface area (Å²) in [6.45, 7) is 19.5. The van der Waals surface area contributed by atoms with E-state index in [-0.39, 0.29) is 144 Å². The Kier molecular flexibility index (Phi) is 42.6. The number of aromatic nitrogens is 8. The third-order valence-corrected chi connectivity index (χ3v) is 14.2. The van der Waals surface area contributed by atoms with Crippen molar-refractivity contribution >= 4 is 69.3 Å². The summed E-state index contributed by atoms with van der Waals surface area (Å²) in [5, 5.41) is 53.3. The molecule has 0 fully saturated rings. The molecule has 8 aromatic rings. The maximum Gasteiger partial charge on any atom is 0.421 e. The topological polar surface area (TPSA) is 188 Å². The van der Waals surface area contributed by atoms with Gasteiger partial charge in [0.05, 0.1) is 117 Å². The zero-order valence-electron chi connectivity index (χ0n) is 55.9. The van der Waals surface area contributed by atoms with E-state index >= 15 is 0 Å². The number of unbranched alkanes of at least 4 members (excludes halogenated alkanes) is 2. The van der Waals surface area contributed by atoms with Crippen LogP contribution in [0.5, 0.6) is 0 Å². The van der Waals surface area contributed by atoms with Gasteiger partial charge in [-0.3, -0.25) is 0 Å². The van der Waals surface area contributed by atoms with Gasteiger partial charge in [-0.25, -0.2) is 36.5 Å². The first kappa shape index (κ1) is 83.7. The molecule has 0 aliphatic carbocycles. The monoisotopic (exact) mass is 1530 g/mol. The number of nitrogens with zero attached hydrogens (tertiary/aromatic N) is 20. The molecule has 0 spiro atoms. The van der Waals surface area contributed by atoms with Crippen molar-refractivity contribution < 1.29 is 159 Å².